The summed E-state index contributed by atoms with van der Waals surface area (Å²) in [4.78, 5) is 0. The zero-order chi connectivity index (χ0) is 13.8. The van der Waals surface area contributed by atoms with Gasteiger partial charge >= 0.3 is 0 Å². The molecule has 2 atom stereocenters. The highest BCUT2D eigenvalue weighted by atomic mass is 35.5. The highest BCUT2D eigenvalue weighted by Gasteiger charge is 2.20. The van der Waals surface area contributed by atoms with E-state index < -0.39 is 0 Å². The molecule has 0 saturated carbocycles. The Kier molecular flexibility index (Phi) is 4.70. The van der Waals surface area contributed by atoms with E-state index in [1.807, 2.05) is 43.3 Å². The quantitative estimate of drug-likeness (QED) is 0.904. The van der Waals surface area contributed by atoms with Crippen LogP contribution in [0.4, 0.5) is 0 Å². The maximum atomic E-state index is 6.20. The topological polar surface area (TPSA) is 35.2 Å². The van der Waals surface area contributed by atoms with Gasteiger partial charge in [0.25, 0.3) is 0 Å². The van der Waals surface area contributed by atoms with Crippen LogP contribution in [-0.4, -0.2) is 6.04 Å². The third kappa shape index (κ3) is 3.63. The van der Waals surface area contributed by atoms with Crippen LogP contribution in [0.15, 0.2) is 48.5 Å². The van der Waals surface area contributed by atoms with E-state index in [4.69, 9.17) is 33.7 Å². The Bertz CT molecular complexity index is 540. The summed E-state index contributed by atoms with van der Waals surface area (Å²) in [6.07, 6.45) is -0.296. The molecule has 2 rings (SSSR count). The lowest BCUT2D eigenvalue weighted by atomic mass is 10.0. The van der Waals surface area contributed by atoms with E-state index in [9.17, 15) is 0 Å². The van der Waals surface area contributed by atoms with Gasteiger partial charge in [-0.15, -0.1) is 0 Å². The molecule has 2 nitrogen and oxygen atoms in total. The molecule has 100 valence electrons. The number of nitrogens with two attached hydrogens (primary N) is 1. The van der Waals surface area contributed by atoms with Gasteiger partial charge in [-0.05, 0) is 37.3 Å². The molecule has 4 heteroatoms. The largest absolute Gasteiger partial charge is 0.484 e. The maximum absolute atomic E-state index is 6.20. The Labute approximate surface area is 123 Å². The third-order valence-electron chi connectivity index (χ3n) is 2.77. The fraction of sp³-hybridized carbons (Fsp3) is 0.200. The van der Waals surface area contributed by atoms with Gasteiger partial charge in [0.1, 0.15) is 11.9 Å². The molecule has 2 aromatic carbocycles. The van der Waals surface area contributed by atoms with Crippen LogP contribution in [0.1, 0.15) is 18.6 Å². The van der Waals surface area contributed by atoms with Crippen LogP contribution in [0.25, 0.3) is 0 Å². The van der Waals surface area contributed by atoms with Crippen LogP contribution in [0.5, 0.6) is 5.75 Å². The second-order valence-corrected chi connectivity index (χ2v) is 5.22. The van der Waals surface area contributed by atoms with Gasteiger partial charge in [-0.25, -0.2) is 0 Å². The number of ether oxygens (including phenoxy) is 1. The number of benzene rings is 2. The first-order valence-corrected chi connectivity index (χ1v) is 6.76. The van der Waals surface area contributed by atoms with E-state index in [1.54, 1.807) is 12.1 Å². The molecule has 0 saturated heterocycles. The zero-order valence-corrected chi connectivity index (χ0v) is 12.0. The molecule has 0 aromatic heterocycles. The molecular weight excluding hydrogens is 281 g/mol. The van der Waals surface area contributed by atoms with Crippen LogP contribution < -0.4 is 10.5 Å². The lowest BCUT2D eigenvalue weighted by Gasteiger charge is -2.23. The van der Waals surface area contributed by atoms with E-state index in [-0.39, 0.29) is 12.1 Å². The summed E-state index contributed by atoms with van der Waals surface area (Å²) in [5.74, 6) is 0.714. The smallest absolute Gasteiger partial charge is 0.140 e. The first kappa shape index (κ1) is 14.2. The highest BCUT2D eigenvalue weighted by Crippen LogP contribution is 2.29. The van der Waals surface area contributed by atoms with Gasteiger partial charge in [0.2, 0.25) is 0 Å². The molecule has 0 spiro atoms. The van der Waals surface area contributed by atoms with Crippen molar-refractivity contribution >= 4 is 23.2 Å². The lowest BCUT2D eigenvalue weighted by molar-refractivity contribution is 0.180. The zero-order valence-electron chi connectivity index (χ0n) is 10.5. The molecule has 2 aromatic rings. The van der Waals surface area contributed by atoms with Gasteiger partial charge < -0.3 is 10.5 Å². The van der Waals surface area contributed by atoms with Crippen molar-refractivity contribution in [1.29, 1.82) is 0 Å². The summed E-state index contributed by atoms with van der Waals surface area (Å²) >= 11 is 12.0. The van der Waals surface area contributed by atoms with Gasteiger partial charge in [-0.2, -0.15) is 0 Å². The number of rotatable bonds is 4. The highest BCUT2D eigenvalue weighted by molar-refractivity contribution is 6.31. The predicted molar refractivity (Wildman–Crippen MR) is 79.9 cm³/mol. The molecular formula is C15H15Cl2NO. The van der Waals surface area contributed by atoms with Crippen LogP contribution in [0, 0.1) is 0 Å². The minimum absolute atomic E-state index is 0.185. The van der Waals surface area contributed by atoms with Crippen molar-refractivity contribution in [2.45, 2.75) is 19.1 Å². The molecule has 0 aliphatic carbocycles. The molecule has 0 bridgehead atoms. The average molecular weight is 296 g/mol. The summed E-state index contributed by atoms with van der Waals surface area (Å²) < 4.78 is 5.93. The van der Waals surface area contributed by atoms with Crippen LogP contribution >= 0.6 is 23.2 Å². The SMILES string of the molecule is CC(N)C(Oc1ccc(Cl)cc1)c1ccccc1Cl. The summed E-state index contributed by atoms with van der Waals surface area (Å²) in [7, 11) is 0. The molecule has 2 N–H and O–H groups in total. The molecule has 0 aliphatic heterocycles. The fourth-order valence-corrected chi connectivity index (χ4v) is 2.19. The minimum atomic E-state index is -0.296. The van der Waals surface area contributed by atoms with E-state index in [1.165, 1.54) is 0 Å². The average Bonchev–Trinajstić information content (AvgIpc) is 2.39. The lowest BCUT2D eigenvalue weighted by Crippen LogP contribution is -2.29. The van der Waals surface area contributed by atoms with Crippen molar-refractivity contribution < 1.29 is 4.74 Å². The summed E-state index contributed by atoms with van der Waals surface area (Å²) in [6.45, 7) is 1.89. The maximum Gasteiger partial charge on any atom is 0.140 e. The second-order valence-electron chi connectivity index (χ2n) is 4.37. The standard InChI is InChI=1S/C15H15Cl2NO/c1-10(18)15(13-4-2-3-5-14(13)17)19-12-8-6-11(16)7-9-12/h2-10,15H,18H2,1H3. The van der Waals surface area contributed by atoms with Crippen LogP contribution in [0.3, 0.4) is 0 Å². The van der Waals surface area contributed by atoms with Gasteiger partial charge in [-0.1, -0.05) is 41.4 Å². The van der Waals surface area contributed by atoms with Gasteiger partial charge in [0, 0.05) is 21.7 Å². The van der Waals surface area contributed by atoms with E-state index in [2.05, 4.69) is 0 Å². The van der Waals surface area contributed by atoms with Gasteiger partial charge in [0.15, 0.2) is 0 Å². The molecule has 0 fully saturated rings. The molecule has 0 radical (unpaired) electrons. The summed E-state index contributed by atoms with van der Waals surface area (Å²) in [5.41, 5.74) is 6.89. The van der Waals surface area contributed by atoms with Crippen molar-refractivity contribution in [3.05, 3.63) is 64.1 Å². The summed E-state index contributed by atoms with van der Waals surface area (Å²) in [5, 5.41) is 1.32. The molecule has 0 heterocycles. The normalized spacial score (nSPS) is 13.9. The van der Waals surface area contributed by atoms with Crippen molar-refractivity contribution in [3.63, 3.8) is 0 Å². The third-order valence-corrected chi connectivity index (χ3v) is 3.36. The summed E-state index contributed by atoms with van der Waals surface area (Å²) in [6, 6.07) is 14.6. The number of hydrogen-bond acceptors (Lipinski definition) is 2. The Morgan fingerprint density at radius 2 is 1.63 bits per heavy atom. The van der Waals surface area contributed by atoms with E-state index in [0.29, 0.717) is 15.8 Å². The van der Waals surface area contributed by atoms with Gasteiger partial charge in [0.05, 0.1) is 0 Å². The Hall–Kier alpha value is -1.22. The Morgan fingerprint density at radius 3 is 2.21 bits per heavy atom. The van der Waals surface area contributed by atoms with Crippen LogP contribution in [-0.2, 0) is 0 Å². The fourth-order valence-electron chi connectivity index (χ4n) is 1.82. The van der Waals surface area contributed by atoms with Gasteiger partial charge in [-0.3, -0.25) is 0 Å². The van der Waals surface area contributed by atoms with Crippen molar-refractivity contribution in [1.82, 2.24) is 0 Å². The monoisotopic (exact) mass is 295 g/mol. The molecule has 19 heavy (non-hydrogen) atoms. The number of halogens is 2. The van der Waals surface area contributed by atoms with Crippen LogP contribution in [0.2, 0.25) is 10.0 Å². The van der Waals surface area contributed by atoms with Crippen molar-refractivity contribution in [2.24, 2.45) is 5.73 Å². The molecule has 2 unspecified atom stereocenters. The minimum Gasteiger partial charge on any atom is -0.484 e. The molecule has 0 aliphatic rings. The first-order valence-electron chi connectivity index (χ1n) is 6.00. The predicted octanol–water partition coefficient (Wildman–Crippen LogP) is 4.46. The van der Waals surface area contributed by atoms with Crippen molar-refractivity contribution in [3.8, 4) is 5.75 Å². The Morgan fingerprint density at radius 1 is 1.00 bits per heavy atom. The second kappa shape index (κ2) is 6.29. The Balaban J connectivity index is 2.27. The van der Waals surface area contributed by atoms with E-state index in [0.717, 1.165) is 5.56 Å². The van der Waals surface area contributed by atoms with E-state index >= 15 is 0 Å². The first-order chi connectivity index (χ1) is 9.08. The van der Waals surface area contributed by atoms with Crippen molar-refractivity contribution in [2.75, 3.05) is 0 Å². The molecule has 0 amide bonds. The number of hydrogen-bond donors (Lipinski definition) is 1.